The number of nitrogens with zero attached hydrogens (tertiary/aromatic N) is 2. The number of aryl methyl sites for hydroxylation is 1. The SMILES string of the molecule is Cc1ccc2nc(CCl)n(-c3ccc(F)c(Br)c3)c2c1. The molecule has 1 heterocycles. The Morgan fingerprint density at radius 2 is 2.05 bits per heavy atom. The van der Waals surface area contributed by atoms with E-state index in [4.69, 9.17) is 11.6 Å². The predicted molar refractivity (Wildman–Crippen MR) is 83.0 cm³/mol. The molecule has 0 fully saturated rings. The third-order valence-electron chi connectivity index (χ3n) is 3.16. The molecule has 0 radical (unpaired) electrons. The molecule has 0 saturated heterocycles. The van der Waals surface area contributed by atoms with Crippen molar-refractivity contribution in [2.45, 2.75) is 12.8 Å². The van der Waals surface area contributed by atoms with Crippen LogP contribution < -0.4 is 0 Å². The van der Waals surface area contributed by atoms with Gasteiger partial charge in [0.05, 0.1) is 21.4 Å². The third kappa shape index (κ3) is 2.23. The minimum atomic E-state index is -0.290. The molecular formula is C15H11BrClFN2. The first-order valence-electron chi connectivity index (χ1n) is 6.09. The van der Waals surface area contributed by atoms with E-state index >= 15 is 0 Å². The Hall–Kier alpha value is -1.39. The zero-order chi connectivity index (χ0) is 14.3. The van der Waals surface area contributed by atoms with Crippen LogP contribution in [0, 0.1) is 12.7 Å². The molecule has 0 N–H and O–H groups in total. The van der Waals surface area contributed by atoms with Crippen molar-refractivity contribution in [1.29, 1.82) is 0 Å². The smallest absolute Gasteiger partial charge is 0.137 e. The minimum Gasteiger partial charge on any atom is -0.295 e. The van der Waals surface area contributed by atoms with Crippen LogP contribution in [-0.4, -0.2) is 9.55 Å². The Morgan fingerprint density at radius 3 is 2.75 bits per heavy atom. The highest BCUT2D eigenvalue weighted by Crippen LogP contribution is 2.26. The summed E-state index contributed by atoms with van der Waals surface area (Å²) in [6.45, 7) is 2.03. The lowest BCUT2D eigenvalue weighted by Gasteiger charge is -2.09. The molecule has 3 aromatic rings. The first-order valence-corrected chi connectivity index (χ1v) is 7.42. The van der Waals surface area contributed by atoms with Gasteiger partial charge in [-0.3, -0.25) is 4.57 Å². The van der Waals surface area contributed by atoms with Crippen molar-refractivity contribution in [1.82, 2.24) is 9.55 Å². The summed E-state index contributed by atoms with van der Waals surface area (Å²) in [5.41, 5.74) is 3.83. The summed E-state index contributed by atoms with van der Waals surface area (Å²) in [6, 6.07) is 10.9. The van der Waals surface area contributed by atoms with Crippen molar-refractivity contribution in [2.75, 3.05) is 0 Å². The number of imidazole rings is 1. The van der Waals surface area contributed by atoms with Gasteiger partial charge in [-0.15, -0.1) is 11.6 Å². The number of benzene rings is 2. The normalized spacial score (nSPS) is 11.2. The van der Waals surface area contributed by atoms with Crippen molar-refractivity contribution in [3.05, 3.63) is 58.1 Å². The molecule has 0 unspecified atom stereocenters. The van der Waals surface area contributed by atoms with Gasteiger partial charge in [0.2, 0.25) is 0 Å². The molecular weight excluding hydrogens is 343 g/mol. The van der Waals surface area contributed by atoms with Crippen LogP contribution in [0.5, 0.6) is 0 Å². The number of halogens is 3. The summed E-state index contributed by atoms with van der Waals surface area (Å²) in [4.78, 5) is 4.52. The van der Waals surface area contributed by atoms with Crippen molar-refractivity contribution < 1.29 is 4.39 Å². The van der Waals surface area contributed by atoms with E-state index in [0.29, 0.717) is 10.4 Å². The molecule has 0 spiro atoms. The van der Waals surface area contributed by atoms with Gasteiger partial charge in [0.15, 0.2) is 0 Å². The number of aromatic nitrogens is 2. The fraction of sp³-hybridized carbons (Fsp3) is 0.133. The molecule has 5 heteroatoms. The average Bonchev–Trinajstić information content (AvgIpc) is 2.79. The van der Waals surface area contributed by atoms with Gasteiger partial charge in [0.1, 0.15) is 11.6 Å². The molecule has 20 heavy (non-hydrogen) atoms. The highest BCUT2D eigenvalue weighted by Gasteiger charge is 2.13. The van der Waals surface area contributed by atoms with Crippen molar-refractivity contribution >= 4 is 38.6 Å². The molecule has 2 aromatic carbocycles. The molecule has 0 aliphatic heterocycles. The number of alkyl halides is 1. The second-order valence-electron chi connectivity index (χ2n) is 4.59. The van der Waals surface area contributed by atoms with E-state index in [1.807, 2.05) is 23.6 Å². The Labute approximate surface area is 129 Å². The molecule has 0 aliphatic carbocycles. The van der Waals surface area contributed by atoms with Gasteiger partial charge in [-0.2, -0.15) is 0 Å². The molecule has 0 bridgehead atoms. The van der Waals surface area contributed by atoms with Crippen LogP contribution in [0.15, 0.2) is 40.9 Å². The zero-order valence-electron chi connectivity index (χ0n) is 10.7. The van der Waals surface area contributed by atoms with E-state index in [0.717, 1.165) is 28.1 Å². The van der Waals surface area contributed by atoms with Crippen molar-refractivity contribution in [3.63, 3.8) is 0 Å². The highest BCUT2D eigenvalue weighted by atomic mass is 79.9. The van der Waals surface area contributed by atoms with E-state index in [9.17, 15) is 4.39 Å². The molecule has 0 aliphatic rings. The minimum absolute atomic E-state index is 0.290. The van der Waals surface area contributed by atoms with Crippen LogP contribution in [0.2, 0.25) is 0 Å². The highest BCUT2D eigenvalue weighted by molar-refractivity contribution is 9.10. The Balaban J connectivity index is 2.32. The van der Waals surface area contributed by atoms with Gasteiger partial charge in [-0.25, -0.2) is 9.37 Å². The molecule has 0 saturated carbocycles. The quantitative estimate of drug-likeness (QED) is 0.594. The summed E-state index contributed by atoms with van der Waals surface area (Å²) in [5, 5.41) is 0. The zero-order valence-corrected chi connectivity index (χ0v) is 13.0. The van der Waals surface area contributed by atoms with Crippen molar-refractivity contribution in [3.8, 4) is 5.69 Å². The van der Waals surface area contributed by atoms with Crippen molar-refractivity contribution in [2.24, 2.45) is 0 Å². The molecule has 3 rings (SSSR count). The van der Waals surface area contributed by atoms with Crippen LogP contribution in [0.4, 0.5) is 4.39 Å². The average molecular weight is 354 g/mol. The van der Waals surface area contributed by atoms with Gasteiger partial charge >= 0.3 is 0 Å². The maximum Gasteiger partial charge on any atom is 0.137 e. The third-order valence-corrected chi connectivity index (χ3v) is 4.01. The Bertz CT molecular complexity index is 798. The molecule has 0 atom stereocenters. The van der Waals surface area contributed by atoms with Gasteiger partial charge in [0.25, 0.3) is 0 Å². The Morgan fingerprint density at radius 1 is 1.25 bits per heavy atom. The fourth-order valence-corrected chi connectivity index (χ4v) is 2.78. The lowest BCUT2D eigenvalue weighted by molar-refractivity contribution is 0.620. The van der Waals surface area contributed by atoms with Gasteiger partial charge in [0, 0.05) is 5.69 Å². The van der Waals surface area contributed by atoms with Gasteiger partial charge in [-0.1, -0.05) is 6.07 Å². The molecule has 102 valence electrons. The van der Waals surface area contributed by atoms with E-state index < -0.39 is 0 Å². The second kappa shape index (κ2) is 5.19. The van der Waals surface area contributed by atoms with E-state index in [-0.39, 0.29) is 5.82 Å². The van der Waals surface area contributed by atoms with Gasteiger partial charge < -0.3 is 0 Å². The number of hydrogen-bond acceptors (Lipinski definition) is 1. The summed E-state index contributed by atoms with van der Waals surface area (Å²) >= 11 is 9.21. The van der Waals surface area contributed by atoms with Crippen LogP contribution in [-0.2, 0) is 5.88 Å². The summed E-state index contributed by atoms with van der Waals surface area (Å²) in [6.07, 6.45) is 0. The molecule has 0 amide bonds. The van der Waals surface area contributed by atoms with E-state index in [1.165, 1.54) is 6.07 Å². The fourth-order valence-electron chi connectivity index (χ4n) is 2.24. The second-order valence-corrected chi connectivity index (χ2v) is 5.71. The van der Waals surface area contributed by atoms with Gasteiger partial charge in [-0.05, 0) is 58.7 Å². The van der Waals surface area contributed by atoms with Crippen LogP contribution in [0.25, 0.3) is 16.7 Å². The number of hydrogen-bond donors (Lipinski definition) is 0. The maximum absolute atomic E-state index is 13.4. The topological polar surface area (TPSA) is 17.8 Å². The lowest BCUT2D eigenvalue weighted by Crippen LogP contribution is -1.99. The summed E-state index contributed by atoms with van der Waals surface area (Å²) in [5.74, 6) is 0.746. The first kappa shape index (κ1) is 13.6. The number of rotatable bonds is 2. The standard InChI is InChI=1S/C15H11BrClFN2/c1-9-2-5-13-14(6-9)20(15(8-17)19-13)10-3-4-12(18)11(16)7-10/h2-7H,8H2,1H3. The van der Waals surface area contributed by atoms with Crippen LogP contribution >= 0.6 is 27.5 Å². The predicted octanol–water partition coefficient (Wildman–Crippen LogP) is 4.97. The molecule has 1 aromatic heterocycles. The Kier molecular flexibility index (Phi) is 3.52. The number of fused-ring (bicyclic) bond motifs is 1. The lowest BCUT2D eigenvalue weighted by atomic mass is 10.2. The first-order chi connectivity index (χ1) is 9.60. The molecule has 2 nitrogen and oxygen atoms in total. The van der Waals surface area contributed by atoms with E-state index in [1.54, 1.807) is 12.1 Å². The maximum atomic E-state index is 13.4. The summed E-state index contributed by atoms with van der Waals surface area (Å²) < 4.78 is 15.8. The van der Waals surface area contributed by atoms with E-state index in [2.05, 4.69) is 27.0 Å². The van der Waals surface area contributed by atoms with Crippen LogP contribution in [0.1, 0.15) is 11.4 Å². The van der Waals surface area contributed by atoms with Crippen LogP contribution in [0.3, 0.4) is 0 Å². The summed E-state index contributed by atoms with van der Waals surface area (Å²) in [7, 11) is 0. The largest absolute Gasteiger partial charge is 0.295 e. The monoisotopic (exact) mass is 352 g/mol.